The number of aliphatic carboxylic acids is 3. The quantitative estimate of drug-likeness (QED) is 0.274. The third-order valence-electron chi connectivity index (χ3n) is 6.85. The second kappa shape index (κ2) is 13.4. The third-order valence-corrected chi connectivity index (χ3v) is 6.85. The molecule has 1 aliphatic heterocycles. The number of nitrogens with one attached hydrogen (secondary N) is 1. The second-order valence-electron chi connectivity index (χ2n) is 12.2. The SMILES string of the molecule is CC(C)n1cccc1CN(Cc1ccccn1)C1CC(C)(C)NC(C)(C)C1.O=C(O)CC(O)(CC(=O)O)C(=O)O. The zero-order chi connectivity index (χ0) is 30.3. The van der Waals surface area contributed by atoms with Crippen molar-refractivity contribution in [2.45, 2.75) is 109 Å². The van der Waals surface area contributed by atoms with Gasteiger partial charge in [-0.2, -0.15) is 0 Å². The predicted octanol–water partition coefficient (Wildman–Crippen LogP) is 3.53. The Kier molecular flexibility index (Phi) is 11.0. The summed E-state index contributed by atoms with van der Waals surface area (Å²) >= 11 is 0. The van der Waals surface area contributed by atoms with Crippen molar-refractivity contribution in [1.29, 1.82) is 0 Å². The third kappa shape index (κ3) is 10.0. The van der Waals surface area contributed by atoms with Crippen molar-refractivity contribution in [3.05, 3.63) is 54.1 Å². The van der Waals surface area contributed by atoms with E-state index in [0.717, 1.165) is 31.6 Å². The number of aliphatic hydroxyl groups is 1. The molecule has 0 radical (unpaired) electrons. The molecule has 3 heterocycles. The number of hydrogen-bond donors (Lipinski definition) is 5. The van der Waals surface area contributed by atoms with E-state index in [4.69, 9.17) is 20.4 Å². The Hall–Kier alpha value is -3.28. The monoisotopic (exact) mass is 560 g/mol. The maximum absolute atomic E-state index is 10.3. The Morgan fingerprint density at radius 2 is 1.57 bits per heavy atom. The van der Waals surface area contributed by atoms with E-state index in [9.17, 15) is 14.4 Å². The Labute approximate surface area is 235 Å². The van der Waals surface area contributed by atoms with Crippen LogP contribution in [-0.4, -0.2) is 75.5 Å². The van der Waals surface area contributed by atoms with Crippen molar-refractivity contribution in [2.24, 2.45) is 0 Å². The van der Waals surface area contributed by atoms with E-state index < -0.39 is 36.4 Å². The van der Waals surface area contributed by atoms with Crippen LogP contribution in [0, 0.1) is 0 Å². The normalized spacial score (nSPS) is 16.8. The molecule has 0 aromatic carbocycles. The van der Waals surface area contributed by atoms with Gasteiger partial charge >= 0.3 is 17.9 Å². The largest absolute Gasteiger partial charge is 0.481 e. The number of rotatable bonds is 11. The van der Waals surface area contributed by atoms with Crippen LogP contribution >= 0.6 is 0 Å². The van der Waals surface area contributed by atoms with E-state index in [1.54, 1.807) is 0 Å². The highest BCUT2D eigenvalue weighted by Gasteiger charge is 2.41. The van der Waals surface area contributed by atoms with Crippen molar-refractivity contribution < 1.29 is 34.8 Å². The minimum absolute atomic E-state index is 0.134. The van der Waals surface area contributed by atoms with Gasteiger partial charge in [-0.05, 0) is 78.6 Å². The van der Waals surface area contributed by atoms with Crippen LogP contribution in [0.5, 0.6) is 0 Å². The van der Waals surface area contributed by atoms with Crippen molar-refractivity contribution in [3.8, 4) is 0 Å². The van der Waals surface area contributed by atoms with Crippen molar-refractivity contribution in [2.75, 3.05) is 0 Å². The smallest absolute Gasteiger partial charge is 0.336 e. The van der Waals surface area contributed by atoms with Crippen LogP contribution in [0.2, 0.25) is 0 Å². The Bertz CT molecular complexity index is 1110. The van der Waals surface area contributed by atoms with Crippen LogP contribution in [0.1, 0.15) is 84.7 Å². The zero-order valence-corrected chi connectivity index (χ0v) is 24.3. The minimum Gasteiger partial charge on any atom is -0.481 e. The second-order valence-corrected chi connectivity index (χ2v) is 12.2. The number of carboxylic acids is 3. The van der Waals surface area contributed by atoms with Gasteiger partial charge in [0.05, 0.1) is 18.5 Å². The zero-order valence-electron chi connectivity index (χ0n) is 24.3. The molecule has 0 unspecified atom stereocenters. The van der Waals surface area contributed by atoms with E-state index in [1.807, 2.05) is 12.3 Å². The summed E-state index contributed by atoms with van der Waals surface area (Å²) in [6, 6.07) is 11.7. The lowest BCUT2D eigenvalue weighted by atomic mass is 9.79. The summed E-state index contributed by atoms with van der Waals surface area (Å²) in [4.78, 5) is 37.7. The highest BCUT2D eigenvalue weighted by Crippen LogP contribution is 2.33. The molecular formula is C29H44N4O7. The first-order valence-corrected chi connectivity index (χ1v) is 13.4. The first kappa shape index (κ1) is 32.9. The van der Waals surface area contributed by atoms with E-state index in [2.05, 4.69) is 91.8 Å². The molecule has 11 heteroatoms. The van der Waals surface area contributed by atoms with Gasteiger partial charge in [-0.25, -0.2) is 4.79 Å². The molecule has 0 atom stereocenters. The predicted molar refractivity (Wildman–Crippen MR) is 150 cm³/mol. The fraction of sp³-hybridized carbons (Fsp3) is 0.586. The van der Waals surface area contributed by atoms with E-state index in [-0.39, 0.29) is 11.1 Å². The van der Waals surface area contributed by atoms with Gasteiger partial charge in [0.1, 0.15) is 0 Å². The fourth-order valence-corrected chi connectivity index (χ4v) is 5.53. The Morgan fingerprint density at radius 3 is 2.02 bits per heavy atom. The lowest BCUT2D eigenvalue weighted by molar-refractivity contribution is -0.170. The standard InChI is InChI=1S/C23H36N4.C6H8O7/c1-18(2)27-13-9-11-20(27)17-26(16-19-10-7-8-12-24-19)21-14-22(3,4)25-23(5,6)15-21;7-3(8)1-6(13,5(11)12)2-4(9)10/h7-13,18,21,25H,14-17H2,1-6H3;13H,1-2H2,(H,7,8)(H,9,10)(H,11,12). The van der Waals surface area contributed by atoms with Gasteiger partial charge in [0, 0.05) is 54.3 Å². The summed E-state index contributed by atoms with van der Waals surface area (Å²) in [5.74, 6) is -5.02. The molecule has 5 N–H and O–H groups in total. The first-order chi connectivity index (χ1) is 18.4. The van der Waals surface area contributed by atoms with Crippen LogP contribution < -0.4 is 5.32 Å². The molecule has 0 spiro atoms. The van der Waals surface area contributed by atoms with Crippen LogP contribution in [0.4, 0.5) is 0 Å². The van der Waals surface area contributed by atoms with Crippen molar-refractivity contribution in [3.63, 3.8) is 0 Å². The summed E-state index contributed by atoms with van der Waals surface area (Å²) in [6.45, 7) is 15.7. The highest BCUT2D eigenvalue weighted by atomic mass is 16.4. The van der Waals surface area contributed by atoms with Gasteiger partial charge in [-0.3, -0.25) is 19.5 Å². The summed E-state index contributed by atoms with van der Waals surface area (Å²) in [5, 5.41) is 37.6. The summed E-state index contributed by atoms with van der Waals surface area (Å²) < 4.78 is 2.39. The molecule has 0 aliphatic carbocycles. The number of carboxylic acid groups (broad SMARTS) is 3. The van der Waals surface area contributed by atoms with Gasteiger partial charge in [0.15, 0.2) is 5.60 Å². The van der Waals surface area contributed by atoms with Crippen molar-refractivity contribution in [1.82, 2.24) is 19.8 Å². The molecule has 0 saturated carbocycles. The fourth-order valence-electron chi connectivity index (χ4n) is 5.53. The molecule has 11 nitrogen and oxygen atoms in total. The first-order valence-electron chi connectivity index (χ1n) is 13.4. The van der Waals surface area contributed by atoms with Gasteiger partial charge in [-0.1, -0.05) is 6.07 Å². The molecule has 0 bridgehead atoms. The van der Waals surface area contributed by atoms with Gasteiger partial charge in [-0.15, -0.1) is 0 Å². The molecule has 0 amide bonds. The molecule has 40 heavy (non-hydrogen) atoms. The Morgan fingerprint density at radius 1 is 1.00 bits per heavy atom. The molecule has 2 aromatic rings. The van der Waals surface area contributed by atoms with Gasteiger partial charge < -0.3 is 30.3 Å². The topological polar surface area (TPSA) is 165 Å². The van der Waals surface area contributed by atoms with Crippen LogP contribution in [0.25, 0.3) is 0 Å². The number of aromatic nitrogens is 2. The minimum atomic E-state index is -2.74. The number of piperidine rings is 1. The Balaban J connectivity index is 0.000000366. The maximum Gasteiger partial charge on any atom is 0.336 e. The lowest BCUT2D eigenvalue weighted by Gasteiger charge is -2.49. The average Bonchev–Trinajstić information content (AvgIpc) is 3.25. The maximum atomic E-state index is 10.3. The average molecular weight is 561 g/mol. The summed E-state index contributed by atoms with van der Waals surface area (Å²) in [5.41, 5.74) is 0.0609. The number of carbonyl (C=O) groups is 3. The number of nitrogens with zero attached hydrogens (tertiary/aromatic N) is 3. The molecule has 222 valence electrons. The highest BCUT2D eigenvalue weighted by molar-refractivity contribution is 5.88. The van der Waals surface area contributed by atoms with Crippen molar-refractivity contribution >= 4 is 17.9 Å². The van der Waals surface area contributed by atoms with Crippen LogP contribution in [-0.2, 0) is 27.5 Å². The lowest BCUT2D eigenvalue weighted by Crippen LogP contribution is -2.62. The summed E-state index contributed by atoms with van der Waals surface area (Å²) in [6.07, 6.45) is 4.11. The van der Waals surface area contributed by atoms with E-state index >= 15 is 0 Å². The molecule has 1 aliphatic rings. The number of pyridine rings is 1. The van der Waals surface area contributed by atoms with Gasteiger partial charge in [0.2, 0.25) is 0 Å². The molecule has 1 fully saturated rings. The van der Waals surface area contributed by atoms with Gasteiger partial charge in [0.25, 0.3) is 0 Å². The molecule has 2 aromatic heterocycles. The van der Waals surface area contributed by atoms with Crippen LogP contribution in [0.15, 0.2) is 42.7 Å². The van der Waals surface area contributed by atoms with E-state index in [1.165, 1.54) is 5.69 Å². The molecule has 1 saturated heterocycles. The summed E-state index contributed by atoms with van der Waals surface area (Å²) in [7, 11) is 0. The molecular weight excluding hydrogens is 516 g/mol. The number of hydrogen-bond acceptors (Lipinski definition) is 7. The van der Waals surface area contributed by atoms with E-state index in [0.29, 0.717) is 12.1 Å². The molecule has 3 rings (SSSR count). The van der Waals surface area contributed by atoms with Crippen LogP contribution in [0.3, 0.4) is 0 Å².